The lowest BCUT2D eigenvalue weighted by molar-refractivity contribution is -0.116. The van der Waals surface area contributed by atoms with E-state index in [0.29, 0.717) is 23.2 Å². The molecule has 4 heteroatoms. The second-order valence-corrected chi connectivity index (χ2v) is 12.7. The van der Waals surface area contributed by atoms with Crippen LogP contribution in [0.4, 0.5) is 11.4 Å². The third kappa shape index (κ3) is 4.34. The fourth-order valence-electron chi connectivity index (χ4n) is 9.20. The molecule has 4 aliphatic rings. The molecular formula is C31H46N2O2. The maximum absolute atomic E-state index is 12.8. The lowest BCUT2D eigenvalue weighted by atomic mass is 9.47. The summed E-state index contributed by atoms with van der Waals surface area (Å²) in [6.07, 6.45) is 13.6. The predicted octanol–water partition coefficient (Wildman–Crippen LogP) is 7.02. The van der Waals surface area contributed by atoms with Gasteiger partial charge in [-0.05, 0) is 110 Å². The number of rotatable bonds is 6. The van der Waals surface area contributed by atoms with Crippen LogP contribution < -0.4 is 10.6 Å². The molecule has 1 aromatic carbocycles. The standard InChI is InChI=1S/C31H46N2O2/c1-20(9-14-29(35)33-28-8-6-5-7-27(28)32-4)24-12-13-25-23-11-10-21-19-22(34)15-17-30(21,2)26(23)16-18-31(24,25)3/h5-8,10,20,22-26,32,34H,9,11-19H2,1-4H3,(H,33,35)/t20-,22+,23+,24-,25+,26+,30+,31-/m1/s1. The summed E-state index contributed by atoms with van der Waals surface area (Å²) >= 11 is 0. The molecule has 0 bridgehead atoms. The van der Waals surface area contributed by atoms with Crippen molar-refractivity contribution in [2.24, 2.45) is 40.4 Å². The lowest BCUT2D eigenvalue weighted by Crippen LogP contribution is -2.50. The third-order valence-electron chi connectivity index (χ3n) is 11.1. The molecular weight excluding hydrogens is 432 g/mol. The molecule has 35 heavy (non-hydrogen) atoms. The van der Waals surface area contributed by atoms with Crippen LogP contribution in [0.2, 0.25) is 0 Å². The number of fused-ring (bicyclic) bond motifs is 5. The van der Waals surface area contributed by atoms with E-state index in [1.807, 2.05) is 31.3 Å². The zero-order valence-corrected chi connectivity index (χ0v) is 22.3. The summed E-state index contributed by atoms with van der Waals surface area (Å²) in [5.74, 6) is 3.82. The van der Waals surface area contributed by atoms with Crippen LogP contribution in [-0.4, -0.2) is 24.2 Å². The first-order valence-corrected chi connectivity index (χ1v) is 14.2. The number of hydrogen-bond donors (Lipinski definition) is 3. The Morgan fingerprint density at radius 2 is 1.86 bits per heavy atom. The molecule has 5 rings (SSSR count). The molecule has 3 N–H and O–H groups in total. The van der Waals surface area contributed by atoms with Gasteiger partial charge in [0.05, 0.1) is 17.5 Å². The Hall–Kier alpha value is -1.81. The molecule has 192 valence electrons. The van der Waals surface area contributed by atoms with E-state index in [0.717, 1.165) is 60.7 Å². The zero-order valence-electron chi connectivity index (χ0n) is 22.3. The normalized spacial score (nSPS) is 39.0. The van der Waals surface area contributed by atoms with E-state index in [-0.39, 0.29) is 12.0 Å². The summed E-state index contributed by atoms with van der Waals surface area (Å²) < 4.78 is 0. The Morgan fingerprint density at radius 3 is 2.63 bits per heavy atom. The highest BCUT2D eigenvalue weighted by molar-refractivity contribution is 5.94. The molecule has 0 aromatic heterocycles. The van der Waals surface area contributed by atoms with Gasteiger partial charge in [-0.2, -0.15) is 0 Å². The van der Waals surface area contributed by atoms with Crippen LogP contribution in [0.15, 0.2) is 35.9 Å². The average molecular weight is 479 g/mol. The first kappa shape index (κ1) is 24.9. The molecule has 0 radical (unpaired) electrons. The highest BCUT2D eigenvalue weighted by Crippen LogP contribution is 2.67. The molecule has 0 spiro atoms. The summed E-state index contributed by atoms with van der Waals surface area (Å²) in [5, 5.41) is 16.6. The van der Waals surface area contributed by atoms with Crippen LogP contribution >= 0.6 is 0 Å². The van der Waals surface area contributed by atoms with Crippen LogP contribution in [0.3, 0.4) is 0 Å². The molecule has 0 saturated heterocycles. The molecule has 8 atom stereocenters. The monoisotopic (exact) mass is 478 g/mol. The molecule has 1 amide bonds. The van der Waals surface area contributed by atoms with Gasteiger partial charge in [-0.3, -0.25) is 4.79 Å². The van der Waals surface area contributed by atoms with E-state index in [2.05, 4.69) is 37.5 Å². The van der Waals surface area contributed by atoms with Crippen LogP contribution in [0, 0.1) is 40.4 Å². The fourth-order valence-corrected chi connectivity index (χ4v) is 9.20. The van der Waals surface area contributed by atoms with E-state index >= 15 is 0 Å². The van der Waals surface area contributed by atoms with E-state index in [9.17, 15) is 9.90 Å². The number of carbonyl (C=O) groups is 1. The number of anilines is 2. The number of aliphatic hydroxyl groups is 1. The number of nitrogens with one attached hydrogen (secondary N) is 2. The number of aliphatic hydroxyl groups excluding tert-OH is 1. The van der Waals surface area contributed by atoms with Crippen LogP contribution in [0.5, 0.6) is 0 Å². The Balaban J connectivity index is 1.23. The molecule has 4 aliphatic carbocycles. The summed E-state index contributed by atoms with van der Waals surface area (Å²) in [5.41, 5.74) is 4.12. The summed E-state index contributed by atoms with van der Waals surface area (Å²) in [4.78, 5) is 12.8. The van der Waals surface area contributed by atoms with Gasteiger partial charge >= 0.3 is 0 Å². The maximum Gasteiger partial charge on any atom is 0.224 e. The van der Waals surface area contributed by atoms with E-state index in [4.69, 9.17) is 0 Å². The van der Waals surface area contributed by atoms with Gasteiger partial charge in [0.15, 0.2) is 0 Å². The minimum Gasteiger partial charge on any atom is -0.393 e. The minimum absolute atomic E-state index is 0.125. The molecule has 3 fully saturated rings. The molecule has 0 unspecified atom stereocenters. The van der Waals surface area contributed by atoms with Crippen molar-refractivity contribution in [2.45, 2.75) is 91.1 Å². The van der Waals surface area contributed by atoms with Crippen molar-refractivity contribution in [3.8, 4) is 0 Å². The number of amides is 1. The van der Waals surface area contributed by atoms with Gasteiger partial charge in [0.25, 0.3) is 0 Å². The Morgan fingerprint density at radius 1 is 1.09 bits per heavy atom. The fraction of sp³-hybridized carbons (Fsp3) is 0.710. The third-order valence-corrected chi connectivity index (χ3v) is 11.1. The van der Waals surface area contributed by atoms with Crippen molar-refractivity contribution in [3.63, 3.8) is 0 Å². The summed E-state index contributed by atoms with van der Waals surface area (Å²) in [6, 6.07) is 7.91. The Bertz CT molecular complexity index is 972. The van der Waals surface area contributed by atoms with Crippen molar-refractivity contribution in [1.29, 1.82) is 0 Å². The van der Waals surface area contributed by atoms with E-state index < -0.39 is 0 Å². The quantitative estimate of drug-likeness (QED) is 0.385. The minimum atomic E-state index is -0.125. The SMILES string of the molecule is CNc1ccccc1NC(=O)CC[C@@H](C)[C@H]1CC[C@H]2[C@@H]3CC=C4C[C@@H](O)CC[C@]4(C)[C@H]3CC[C@]12C. The molecule has 0 aliphatic heterocycles. The maximum atomic E-state index is 12.8. The topological polar surface area (TPSA) is 61.4 Å². The van der Waals surface area contributed by atoms with Gasteiger partial charge in [0, 0.05) is 13.5 Å². The first-order chi connectivity index (χ1) is 16.8. The van der Waals surface area contributed by atoms with Crippen molar-refractivity contribution in [3.05, 3.63) is 35.9 Å². The van der Waals surface area contributed by atoms with Crippen molar-refractivity contribution in [1.82, 2.24) is 0 Å². The lowest BCUT2D eigenvalue weighted by Gasteiger charge is -2.58. The number of allylic oxidation sites excluding steroid dienone is 1. The first-order valence-electron chi connectivity index (χ1n) is 14.2. The van der Waals surface area contributed by atoms with Crippen molar-refractivity contribution < 1.29 is 9.90 Å². The van der Waals surface area contributed by atoms with Crippen LogP contribution in [-0.2, 0) is 4.79 Å². The van der Waals surface area contributed by atoms with Gasteiger partial charge in [0.2, 0.25) is 5.91 Å². The second kappa shape index (κ2) is 9.57. The number of benzene rings is 1. The number of hydrogen-bond acceptors (Lipinski definition) is 3. The summed E-state index contributed by atoms with van der Waals surface area (Å²) in [6.45, 7) is 7.52. The predicted molar refractivity (Wildman–Crippen MR) is 144 cm³/mol. The van der Waals surface area contributed by atoms with Gasteiger partial charge in [-0.1, -0.05) is 44.6 Å². The van der Waals surface area contributed by atoms with Crippen molar-refractivity contribution >= 4 is 17.3 Å². The zero-order chi connectivity index (χ0) is 24.8. The Kier molecular flexibility index (Phi) is 6.80. The smallest absolute Gasteiger partial charge is 0.224 e. The van der Waals surface area contributed by atoms with E-state index in [1.54, 1.807) is 5.57 Å². The van der Waals surface area contributed by atoms with E-state index in [1.165, 1.54) is 32.1 Å². The highest BCUT2D eigenvalue weighted by Gasteiger charge is 2.59. The molecule has 1 aromatic rings. The van der Waals surface area contributed by atoms with Gasteiger partial charge in [-0.25, -0.2) is 0 Å². The average Bonchev–Trinajstić information content (AvgIpc) is 3.20. The summed E-state index contributed by atoms with van der Waals surface area (Å²) in [7, 11) is 1.89. The second-order valence-electron chi connectivity index (χ2n) is 12.7. The highest BCUT2D eigenvalue weighted by atomic mass is 16.3. The number of para-hydroxylation sites is 2. The van der Waals surface area contributed by atoms with Crippen LogP contribution in [0.1, 0.15) is 85.0 Å². The van der Waals surface area contributed by atoms with Gasteiger partial charge in [0.1, 0.15) is 0 Å². The molecule has 3 saturated carbocycles. The van der Waals surface area contributed by atoms with Gasteiger partial charge in [-0.15, -0.1) is 0 Å². The van der Waals surface area contributed by atoms with Gasteiger partial charge < -0.3 is 15.7 Å². The largest absolute Gasteiger partial charge is 0.393 e. The Labute approximate surface area is 212 Å². The molecule has 0 heterocycles. The van der Waals surface area contributed by atoms with Crippen molar-refractivity contribution in [2.75, 3.05) is 17.7 Å². The number of carbonyl (C=O) groups excluding carboxylic acids is 1. The van der Waals surface area contributed by atoms with Crippen LogP contribution in [0.25, 0.3) is 0 Å². The molecule has 4 nitrogen and oxygen atoms in total.